The van der Waals surface area contributed by atoms with Gasteiger partial charge in [-0.1, -0.05) is 224 Å². The molecule has 0 aliphatic heterocycles. The lowest BCUT2D eigenvalue weighted by molar-refractivity contribution is -0.143. The molecule has 336 valence electrons. The lowest BCUT2D eigenvalue weighted by atomic mass is 10.0. The van der Waals surface area contributed by atoms with E-state index >= 15 is 0 Å². The molecule has 0 fully saturated rings. The molecule has 2 unspecified atom stereocenters. The molecule has 0 aliphatic rings. The highest BCUT2D eigenvalue weighted by atomic mass is 16.5. The van der Waals surface area contributed by atoms with Crippen LogP contribution in [0.5, 0.6) is 0 Å². The normalized spacial score (nSPS) is 12.8. The second kappa shape index (κ2) is 47.0. The standard InChI is InChI=1S/C51H97NO5/c1-3-5-7-9-11-13-15-16-17-18-19-20-21-22-24-27-31-35-39-43-49(54)48(47-53)52-50(55)44-40-36-32-28-25-26-30-34-38-42-46-57-51(56)45-41-37-33-29-23-14-12-10-8-6-4-2/h10,12,39,43,48-49,53-54H,3-9,11,13-38,40-42,44-47H2,1-2H3,(H,52,55)/b12-10-,43-39+. The molecule has 0 bridgehead atoms. The van der Waals surface area contributed by atoms with Crippen LogP contribution < -0.4 is 5.32 Å². The number of rotatable bonds is 46. The van der Waals surface area contributed by atoms with Gasteiger partial charge in [-0.25, -0.2) is 0 Å². The molecule has 3 N–H and O–H groups in total. The highest BCUT2D eigenvalue weighted by Crippen LogP contribution is 2.16. The maximum atomic E-state index is 12.4. The predicted molar refractivity (Wildman–Crippen MR) is 246 cm³/mol. The van der Waals surface area contributed by atoms with E-state index in [1.54, 1.807) is 6.08 Å². The maximum Gasteiger partial charge on any atom is 0.305 e. The van der Waals surface area contributed by atoms with E-state index in [9.17, 15) is 19.8 Å². The molecule has 6 heteroatoms. The summed E-state index contributed by atoms with van der Waals surface area (Å²) >= 11 is 0. The van der Waals surface area contributed by atoms with Crippen LogP contribution in [-0.2, 0) is 14.3 Å². The summed E-state index contributed by atoms with van der Waals surface area (Å²) in [6, 6.07) is -0.645. The molecule has 0 aromatic rings. The average molecular weight is 804 g/mol. The summed E-state index contributed by atoms with van der Waals surface area (Å²) < 4.78 is 5.43. The van der Waals surface area contributed by atoms with Crippen molar-refractivity contribution in [3.63, 3.8) is 0 Å². The number of hydrogen-bond acceptors (Lipinski definition) is 5. The van der Waals surface area contributed by atoms with Gasteiger partial charge in [-0.05, 0) is 51.4 Å². The number of amides is 1. The summed E-state index contributed by atoms with van der Waals surface area (Å²) in [5, 5.41) is 23.1. The molecule has 0 spiro atoms. The highest BCUT2D eigenvalue weighted by molar-refractivity contribution is 5.76. The summed E-state index contributed by atoms with van der Waals surface area (Å²) in [5.74, 6) is -0.122. The van der Waals surface area contributed by atoms with E-state index in [1.807, 2.05) is 6.08 Å². The Morgan fingerprint density at radius 2 is 0.842 bits per heavy atom. The Morgan fingerprint density at radius 1 is 0.474 bits per heavy atom. The van der Waals surface area contributed by atoms with Crippen molar-refractivity contribution in [2.45, 2.75) is 276 Å². The van der Waals surface area contributed by atoms with Crippen molar-refractivity contribution in [1.29, 1.82) is 0 Å². The fraction of sp³-hybridized carbons (Fsp3) is 0.882. The molecule has 0 saturated carbocycles. The molecule has 0 rings (SSSR count). The molecule has 6 nitrogen and oxygen atoms in total. The number of carbonyl (C=O) groups is 2. The maximum absolute atomic E-state index is 12.4. The summed E-state index contributed by atoms with van der Waals surface area (Å²) in [4.78, 5) is 24.4. The largest absolute Gasteiger partial charge is 0.466 e. The number of aliphatic hydroxyl groups is 2. The number of unbranched alkanes of at least 4 members (excludes halogenated alkanes) is 33. The van der Waals surface area contributed by atoms with Crippen molar-refractivity contribution in [2.24, 2.45) is 0 Å². The topological polar surface area (TPSA) is 95.9 Å². The van der Waals surface area contributed by atoms with Gasteiger partial charge >= 0.3 is 5.97 Å². The van der Waals surface area contributed by atoms with Crippen LogP contribution in [0.2, 0.25) is 0 Å². The van der Waals surface area contributed by atoms with E-state index in [2.05, 4.69) is 31.3 Å². The quantitative estimate of drug-likeness (QED) is 0.0324. The van der Waals surface area contributed by atoms with Gasteiger partial charge in [0.05, 0.1) is 25.4 Å². The van der Waals surface area contributed by atoms with Crippen LogP contribution in [0.1, 0.15) is 264 Å². The van der Waals surface area contributed by atoms with Gasteiger partial charge in [-0.3, -0.25) is 9.59 Å². The number of ether oxygens (including phenoxy) is 1. The van der Waals surface area contributed by atoms with Crippen LogP contribution in [0.15, 0.2) is 24.3 Å². The lowest BCUT2D eigenvalue weighted by Crippen LogP contribution is -2.45. The molecule has 1 amide bonds. The highest BCUT2D eigenvalue weighted by Gasteiger charge is 2.18. The summed E-state index contributed by atoms with van der Waals surface area (Å²) in [5.41, 5.74) is 0. The smallest absolute Gasteiger partial charge is 0.305 e. The van der Waals surface area contributed by atoms with E-state index in [1.165, 1.54) is 180 Å². The number of allylic oxidation sites excluding steroid dienone is 3. The van der Waals surface area contributed by atoms with Gasteiger partial charge in [-0.2, -0.15) is 0 Å². The number of nitrogens with one attached hydrogen (secondary N) is 1. The zero-order valence-electron chi connectivity index (χ0n) is 38.1. The zero-order valence-corrected chi connectivity index (χ0v) is 38.1. The summed E-state index contributed by atoms with van der Waals surface area (Å²) in [6.45, 7) is 4.81. The molecule has 0 aromatic heterocycles. The Kier molecular flexibility index (Phi) is 45.7. The van der Waals surface area contributed by atoms with Gasteiger partial charge in [-0.15, -0.1) is 0 Å². The Balaban J connectivity index is 3.54. The van der Waals surface area contributed by atoms with Crippen molar-refractivity contribution >= 4 is 11.9 Å². The Hall–Kier alpha value is -1.66. The van der Waals surface area contributed by atoms with Crippen molar-refractivity contribution < 1.29 is 24.5 Å². The fourth-order valence-corrected chi connectivity index (χ4v) is 7.55. The molecule has 57 heavy (non-hydrogen) atoms. The molecule has 0 heterocycles. The molecule has 0 aliphatic carbocycles. The van der Waals surface area contributed by atoms with E-state index in [4.69, 9.17) is 4.74 Å². The number of carbonyl (C=O) groups excluding carboxylic acids is 2. The van der Waals surface area contributed by atoms with Gasteiger partial charge in [0.25, 0.3) is 0 Å². The van der Waals surface area contributed by atoms with Gasteiger partial charge in [0.1, 0.15) is 0 Å². The summed E-state index contributed by atoms with van der Waals surface area (Å²) in [6.07, 6.45) is 54.6. The van der Waals surface area contributed by atoms with Crippen LogP contribution >= 0.6 is 0 Å². The molecule has 2 atom stereocenters. The van der Waals surface area contributed by atoms with Gasteiger partial charge in [0, 0.05) is 12.8 Å². The SMILES string of the molecule is CCCC/C=C\CCCCCCCC(=O)OCCCCCCCCCCCCC(=O)NC(CO)C(O)/C=C/CCCCCCCCCCCCCCCCCCC. The first-order valence-corrected chi connectivity index (χ1v) is 25.1. The van der Waals surface area contributed by atoms with Crippen molar-refractivity contribution in [2.75, 3.05) is 13.2 Å². The Labute approximate surface area is 354 Å². The number of esters is 1. The van der Waals surface area contributed by atoms with E-state index in [0.717, 1.165) is 57.8 Å². The number of hydrogen-bond donors (Lipinski definition) is 3. The minimum absolute atomic E-state index is 0.0320. The first-order valence-electron chi connectivity index (χ1n) is 25.1. The fourth-order valence-electron chi connectivity index (χ4n) is 7.55. The predicted octanol–water partition coefficient (Wildman–Crippen LogP) is 14.7. The van der Waals surface area contributed by atoms with Crippen molar-refractivity contribution in [3.8, 4) is 0 Å². The third kappa shape index (κ3) is 43.7. The third-order valence-electron chi connectivity index (χ3n) is 11.5. The average Bonchev–Trinajstić information content (AvgIpc) is 3.21. The summed E-state index contributed by atoms with van der Waals surface area (Å²) in [7, 11) is 0. The minimum Gasteiger partial charge on any atom is -0.466 e. The number of aliphatic hydroxyl groups excluding tert-OH is 2. The van der Waals surface area contributed by atoms with Crippen molar-refractivity contribution in [3.05, 3.63) is 24.3 Å². The van der Waals surface area contributed by atoms with E-state index in [0.29, 0.717) is 19.4 Å². The monoisotopic (exact) mass is 804 g/mol. The third-order valence-corrected chi connectivity index (χ3v) is 11.5. The first kappa shape index (κ1) is 55.3. The van der Waals surface area contributed by atoms with Gasteiger partial charge < -0.3 is 20.3 Å². The molecule has 0 saturated heterocycles. The van der Waals surface area contributed by atoms with Crippen LogP contribution in [0.4, 0.5) is 0 Å². The van der Waals surface area contributed by atoms with Gasteiger partial charge in [0.15, 0.2) is 0 Å². The van der Waals surface area contributed by atoms with E-state index < -0.39 is 12.1 Å². The van der Waals surface area contributed by atoms with E-state index in [-0.39, 0.29) is 18.5 Å². The van der Waals surface area contributed by atoms with Gasteiger partial charge in [0.2, 0.25) is 5.91 Å². The molecular formula is C51H97NO5. The molecular weight excluding hydrogens is 707 g/mol. The molecule has 0 aromatic carbocycles. The second-order valence-corrected chi connectivity index (χ2v) is 17.1. The van der Waals surface area contributed by atoms with Crippen LogP contribution in [0, 0.1) is 0 Å². The second-order valence-electron chi connectivity index (χ2n) is 17.1. The minimum atomic E-state index is -0.859. The zero-order chi connectivity index (χ0) is 41.5. The van der Waals surface area contributed by atoms with Crippen LogP contribution in [0.3, 0.4) is 0 Å². The van der Waals surface area contributed by atoms with Crippen LogP contribution in [-0.4, -0.2) is 47.4 Å². The lowest BCUT2D eigenvalue weighted by Gasteiger charge is -2.20. The Morgan fingerprint density at radius 3 is 1.30 bits per heavy atom. The Bertz CT molecular complexity index is 889. The molecule has 0 radical (unpaired) electrons. The van der Waals surface area contributed by atoms with Crippen LogP contribution in [0.25, 0.3) is 0 Å². The van der Waals surface area contributed by atoms with Crippen molar-refractivity contribution in [1.82, 2.24) is 5.32 Å². The first-order chi connectivity index (χ1) is 28.0.